The molecule has 0 spiro atoms. The molecule has 0 amide bonds. The van der Waals surface area contributed by atoms with Crippen LogP contribution in [0.1, 0.15) is 11.7 Å². The van der Waals surface area contributed by atoms with E-state index in [2.05, 4.69) is 27.5 Å². The van der Waals surface area contributed by atoms with Crippen molar-refractivity contribution in [2.75, 3.05) is 17.7 Å². The summed E-state index contributed by atoms with van der Waals surface area (Å²) in [7, 11) is 1.43. The molecule has 6 heteroatoms. The van der Waals surface area contributed by atoms with Gasteiger partial charge in [0.25, 0.3) is 0 Å². The summed E-state index contributed by atoms with van der Waals surface area (Å²) in [5.41, 5.74) is 2.89. The molecule has 0 saturated heterocycles. The zero-order chi connectivity index (χ0) is 17.4. The molecule has 0 radical (unpaired) electrons. The van der Waals surface area contributed by atoms with Crippen molar-refractivity contribution in [1.82, 2.24) is 0 Å². The average Bonchev–Trinajstić information content (AvgIpc) is 2.62. The summed E-state index contributed by atoms with van der Waals surface area (Å²) in [5, 5.41) is 9.14. The average molecular weight is 342 g/mol. The molecule has 2 N–H and O–H groups in total. The van der Waals surface area contributed by atoms with Gasteiger partial charge in [-0.1, -0.05) is 30.3 Å². The van der Waals surface area contributed by atoms with Gasteiger partial charge >= 0.3 is 6.61 Å². The Morgan fingerprint density at radius 2 is 1.60 bits per heavy atom. The van der Waals surface area contributed by atoms with Gasteiger partial charge in [0.15, 0.2) is 11.5 Å². The SMILES string of the molecule is COc1cc(C2Nc3cccc4cccc(c34)N2)ccc1OC(F)F. The molecular formula is C19H16F2N2O2. The number of rotatable bonds is 4. The topological polar surface area (TPSA) is 42.5 Å². The molecule has 1 aliphatic heterocycles. The van der Waals surface area contributed by atoms with E-state index in [1.807, 2.05) is 24.3 Å². The smallest absolute Gasteiger partial charge is 0.387 e. The predicted octanol–water partition coefficient (Wildman–Crippen LogP) is 4.99. The number of nitrogens with one attached hydrogen (secondary N) is 2. The van der Waals surface area contributed by atoms with Crippen molar-refractivity contribution in [3.05, 3.63) is 60.2 Å². The van der Waals surface area contributed by atoms with Crippen LogP contribution >= 0.6 is 0 Å². The molecule has 3 aromatic rings. The third kappa shape index (κ3) is 2.80. The van der Waals surface area contributed by atoms with Crippen LogP contribution in [0.2, 0.25) is 0 Å². The van der Waals surface area contributed by atoms with E-state index in [0.29, 0.717) is 0 Å². The number of alkyl halides is 2. The van der Waals surface area contributed by atoms with Gasteiger partial charge in [-0.2, -0.15) is 8.78 Å². The Hall–Kier alpha value is -3.02. The van der Waals surface area contributed by atoms with Gasteiger partial charge in [-0.05, 0) is 35.2 Å². The molecule has 0 aromatic heterocycles. The molecule has 0 saturated carbocycles. The van der Waals surface area contributed by atoms with Crippen LogP contribution in [0.4, 0.5) is 20.2 Å². The molecule has 1 heterocycles. The second kappa shape index (κ2) is 6.12. The highest BCUT2D eigenvalue weighted by Crippen LogP contribution is 2.40. The van der Waals surface area contributed by atoms with E-state index in [0.717, 1.165) is 27.7 Å². The summed E-state index contributed by atoms with van der Waals surface area (Å²) in [5.74, 6) is 0.276. The number of halogens is 2. The predicted molar refractivity (Wildman–Crippen MR) is 93.6 cm³/mol. The lowest BCUT2D eigenvalue weighted by molar-refractivity contribution is -0.0512. The van der Waals surface area contributed by atoms with Gasteiger partial charge in [-0.15, -0.1) is 0 Å². The summed E-state index contributed by atoms with van der Waals surface area (Å²) in [6.07, 6.45) is -0.213. The van der Waals surface area contributed by atoms with E-state index in [9.17, 15) is 8.78 Å². The van der Waals surface area contributed by atoms with Gasteiger partial charge in [0.05, 0.1) is 7.11 Å². The van der Waals surface area contributed by atoms with Crippen LogP contribution in [-0.4, -0.2) is 13.7 Å². The highest BCUT2D eigenvalue weighted by Gasteiger charge is 2.21. The molecule has 0 atom stereocenters. The molecule has 0 fully saturated rings. The molecule has 4 rings (SSSR count). The maximum Gasteiger partial charge on any atom is 0.387 e. The maximum absolute atomic E-state index is 12.5. The van der Waals surface area contributed by atoms with E-state index in [4.69, 9.17) is 4.74 Å². The molecule has 0 aliphatic carbocycles. The first kappa shape index (κ1) is 15.5. The Labute approximate surface area is 143 Å². The van der Waals surface area contributed by atoms with Crippen molar-refractivity contribution < 1.29 is 18.3 Å². The maximum atomic E-state index is 12.5. The zero-order valence-corrected chi connectivity index (χ0v) is 13.4. The van der Waals surface area contributed by atoms with Crippen LogP contribution in [0.15, 0.2) is 54.6 Å². The van der Waals surface area contributed by atoms with E-state index >= 15 is 0 Å². The quantitative estimate of drug-likeness (QED) is 0.701. The monoisotopic (exact) mass is 342 g/mol. The molecule has 4 nitrogen and oxygen atoms in total. The van der Waals surface area contributed by atoms with Crippen molar-refractivity contribution in [3.63, 3.8) is 0 Å². The fraction of sp³-hybridized carbons (Fsp3) is 0.158. The van der Waals surface area contributed by atoms with Crippen LogP contribution in [0.3, 0.4) is 0 Å². The van der Waals surface area contributed by atoms with Crippen molar-refractivity contribution in [2.45, 2.75) is 12.8 Å². The van der Waals surface area contributed by atoms with Crippen molar-refractivity contribution in [1.29, 1.82) is 0 Å². The molecule has 0 bridgehead atoms. The van der Waals surface area contributed by atoms with Gasteiger partial charge in [-0.3, -0.25) is 0 Å². The highest BCUT2D eigenvalue weighted by molar-refractivity contribution is 6.04. The van der Waals surface area contributed by atoms with Gasteiger partial charge in [0, 0.05) is 16.8 Å². The zero-order valence-electron chi connectivity index (χ0n) is 13.4. The second-order valence-corrected chi connectivity index (χ2v) is 5.72. The fourth-order valence-corrected chi connectivity index (χ4v) is 3.15. The minimum atomic E-state index is -2.89. The minimum Gasteiger partial charge on any atom is -0.493 e. The van der Waals surface area contributed by atoms with Crippen LogP contribution < -0.4 is 20.1 Å². The summed E-state index contributed by atoms with van der Waals surface area (Å²) < 4.78 is 34.6. The van der Waals surface area contributed by atoms with Gasteiger partial charge in [-0.25, -0.2) is 0 Å². The second-order valence-electron chi connectivity index (χ2n) is 5.72. The number of benzene rings is 3. The van der Waals surface area contributed by atoms with E-state index in [-0.39, 0.29) is 17.7 Å². The van der Waals surface area contributed by atoms with Gasteiger partial charge in [0.1, 0.15) is 6.17 Å². The van der Waals surface area contributed by atoms with E-state index in [1.54, 1.807) is 12.1 Å². The lowest BCUT2D eigenvalue weighted by atomic mass is 10.0. The normalized spacial score (nSPS) is 13.4. The first-order valence-electron chi connectivity index (χ1n) is 7.83. The summed E-state index contributed by atoms with van der Waals surface area (Å²) in [4.78, 5) is 0. The minimum absolute atomic E-state index is 0.0135. The van der Waals surface area contributed by atoms with Gasteiger partial charge < -0.3 is 20.1 Å². The number of anilines is 2. The number of ether oxygens (including phenoxy) is 2. The number of hydrogen-bond donors (Lipinski definition) is 2. The summed E-state index contributed by atoms with van der Waals surface area (Å²) in [6, 6.07) is 17.1. The molecular weight excluding hydrogens is 326 g/mol. The number of methoxy groups -OCH3 is 1. The third-order valence-corrected chi connectivity index (χ3v) is 4.24. The molecule has 25 heavy (non-hydrogen) atoms. The van der Waals surface area contributed by atoms with Crippen LogP contribution in [-0.2, 0) is 0 Å². The summed E-state index contributed by atoms with van der Waals surface area (Å²) in [6.45, 7) is -2.89. The highest BCUT2D eigenvalue weighted by atomic mass is 19.3. The third-order valence-electron chi connectivity index (χ3n) is 4.24. The largest absolute Gasteiger partial charge is 0.493 e. The lowest BCUT2D eigenvalue weighted by Gasteiger charge is -2.30. The summed E-state index contributed by atoms with van der Waals surface area (Å²) >= 11 is 0. The van der Waals surface area contributed by atoms with E-state index in [1.165, 1.54) is 13.2 Å². The van der Waals surface area contributed by atoms with Gasteiger partial charge in [0.2, 0.25) is 0 Å². The first-order valence-corrected chi connectivity index (χ1v) is 7.83. The standard InChI is InChI=1S/C19H16F2N2O2/c1-24-16-10-12(8-9-15(16)25-19(20)21)18-22-13-6-2-4-11-5-3-7-14(23-18)17(11)13/h2-10,18-19,22-23H,1H3. The molecule has 1 aliphatic rings. The Balaban J connectivity index is 1.70. The Morgan fingerprint density at radius 3 is 2.20 bits per heavy atom. The van der Waals surface area contributed by atoms with Crippen LogP contribution in [0.5, 0.6) is 11.5 Å². The van der Waals surface area contributed by atoms with Crippen molar-refractivity contribution in [3.8, 4) is 11.5 Å². The molecule has 128 valence electrons. The van der Waals surface area contributed by atoms with E-state index < -0.39 is 6.61 Å². The fourth-order valence-electron chi connectivity index (χ4n) is 3.15. The Bertz CT molecular complexity index is 890. The van der Waals surface area contributed by atoms with Crippen LogP contribution in [0.25, 0.3) is 10.8 Å². The van der Waals surface area contributed by atoms with Crippen molar-refractivity contribution in [2.24, 2.45) is 0 Å². The van der Waals surface area contributed by atoms with Crippen molar-refractivity contribution >= 4 is 22.1 Å². The Kier molecular flexibility index (Phi) is 3.80. The first-order chi connectivity index (χ1) is 12.2. The van der Waals surface area contributed by atoms with Crippen LogP contribution in [0, 0.1) is 0 Å². The number of hydrogen-bond acceptors (Lipinski definition) is 4. The Morgan fingerprint density at radius 1 is 0.920 bits per heavy atom. The molecule has 0 unspecified atom stereocenters. The lowest BCUT2D eigenvalue weighted by Crippen LogP contribution is -2.23. The molecule has 3 aromatic carbocycles.